The van der Waals surface area contributed by atoms with Crippen LogP contribution in [0.25, 0.3) is 65.5 Å². The van der Waals surface area contributed by atoms with Gasteiger partial charge in [-0.25, -0.2) is 0 Å². The summed E-state index contributed by atoms with van der Waals surface area (Å²) < 4.78 is 6.60. The summed E-state index contributed by atoms with van der Waals surface area (Å²) in [6.45, 7) is 0. The average molecular weight is 588 g/mol. The zero-order valence-electron chi connectivity index (χ0n) is 25.1. The van der Waals surface area contributed by atoms with Gasteiger partial charge in [-0.15, -0.1) is 0 Å². The van der Waals surface area contributed by atoms with Gasteiger partial charge in [0.15, 0.2) is 0 Å². The third-order valence-corrected chi connectivity index (χ3v) is 9.01. The van der Waals surface area contributed by atoms with E-state index in [0.29, 0.717) is 0 Å². The highest BCUT2D eigenvalue weighted by atomic mass is 16.4. The van der Waals surface area contributed by atoms with Crippen LogP contribution in [0.3, 0.4) is 0 Å². The molecule has 9 rings (SSSR count). The van der Waals surface area contributed by atoms with Gasteiger partial charge in [0.05, 0.1) is 0 Å². The highest BCUT2D eigenvalue weighted by molar-refractivity contribution is 5.98. The molecule has 1 heterocycles. The maximum atomic E-state index is 6.60. The van der Waals surface area contributed by atoms with Gasteiger partial charge in [0.1, 0.15) is 5.58 Å². The first kappa shape index (κ1) is 26.3. The van der Waals surface area contributed by atoms with E-state index in [1.165, 1.54) is 54.6 Å². The Balaban J connectivity index is 1.13. The molecule has 1 aromatic heterocycles. The zero-order valence-corrected chi connectivity index (χ0v) is 25.1. The Kier molecular flexibility index (Phi) is 6.17. The van der Waals surface area contributed by atoms with E-state index >= 15 is 0 Å². The molecule has 0 N–H and O–H groups in total. The molecule has 0 saturated carbocycles. The van der Waals surface area contributed by atoms with Crippen LogP contribution in [-0.4, -0.2) is 0 Å². The molecule has 0 bridgehead atoms. The third-order valence-electron chi connectivity index (χ3n) is 9.01. The van der Waals surface area contributed by atoms with Crippen molar-refractivity contribution in [2.45, 2.75) is 0 Å². The van der Waals surface area contributed by atoms with Gasteiger partial charge in [0, 0.05) is 22.8 Å². The quantitative estimate of drug-likeness (QED) is 0.199. The fraction of sp³-hybridized carbons (Fsp3) is 0. The molecule has 0 atom stereocenters. The van der Waals surface area contributed by atoms with Crippen LogP contribution in [-0.2, 0) is 0 Å². The first-order valence-electron chi connectivity index (χ1n) is 15.7. The summed E-state index contributed by atoms with van der Waals surface area (Å²) in [5, 5.41) is 8.44. The van der Waals surface area contributed by atoms with Crippen LogP contribution < -0.4 is 4.90 Å². The highest BCUT2D eigenvalue weighted by Gasteiger charge is 2.18. The van der Waals surface area contributed by atoms with Gasteiger partial charge in [-0.1, -0.05) is 121 Å². The maximum Gasteiger partial charge on any atom is 0.205 e. The molecular formula is C44H29NO. The van der Waals surface area contributed by atoms with Gasteiger partial charge in [0.25, 0.3) is 0 Å². The standard InChI is InChI=1S/C44H29NO/c1-3-9-34-25-38(15-13-30(34)7-1)32-17-21-41(22-18-32)45(44-29-40-27-36-11-5-6-12-37(36)28-43(40)46-44)42-23-19-33(20-24-42)39-16-14-31-8-2-4-10-35(31)26-39/h1-29H. The summed E-state index contributed by atoms with van der Waals surface area (Å²) in [4.78, 5) is 2.21. The summed E-state index contributed by atoms with van der Waals surface area (Å²) in [6, 6.07) is 62.8. The highest BCUT2D eigenvalue weighted by Crippen LogP contribution is 2.40. The Morgan fingerprint density at radius 1 is 0.304 bits per heavy atom. The molecule has 0 aliphatic rings. The largest absolute Gasteiger partial charge is 0.440 e. The Morgan fingerprint density at radius 2 is 0.717 bits per heavy atom. The number of anilines is 3. The first-order chi connectivity index (χ1) is 22.7. The molecule has 2 heteroatoms. The molecule has 0 aliphatic carbocycles. The number of nitrogens with zero attached hydrogens (tertiary/aromatic N) is 1. The minimum atomic E-state index is 0.780. The molecule has 9 aromatic rings. The number of hydrogen-bond donors (Lipinski definition) is 0. The molecule has 2 nitrogen and oxygen atoms in total. The lowest BCUT2D eigenvalue weighted by Crippen LogP contribution is -2.08. The van der Waals surface area contributed by atoms with Crippen LogP contribution in [0.5, 0.6) is 0 Å². The van der Waals surface area contributed by atoms with E-state index in [9.17, 15) is 0 Å². The van der Waals surface area contributed by atoms with Crippen molar-refractivity contribution in [1.82, 2.24) is 0 Å². The van der Waals surface area contributed by atoms with Crippen LogP contribution in [0.2, 0.25) is 0 Å². The van der Waals surface area contributed by atoms with Crippen LogP contribution in [0, 0.1) is 0 Å². The fourth-order valence-electron chi connectivity index (χ4n) is 6.57. The summed E-state index contributed by atoms with van der Waals surface area (Å²) in [5.74, 6) is 0.780. The van der Waals surface area contributed by atoms with Crippen LogP contribution >= 0.6 is 0 Å². The van der Waals surface area contributed by atoms with Crippen molar-refractivity contribution in [2.24, 2.45) is 0 Å². The van der Waals surface area contributed by atoms with E-state index in [1.54, 1.807) is 0 Å². The van der Waals surface area contributed by atoms with Crippen molar-refractivity contribution >= 4 is 60.5 Å². The maximum absolute atomic E-state index is 6.60. The van der Waals surface area contributed by atoms with E-state index in [0.717, 1.165) is 28.2 Å². The Hall–Kier alpha value is -6.12. The third kappa shape index (κ3) is 4.68. The van der Waals surface area contributed by atoms with Gasteiger partial charge in [-0.3, -0.25) is 4.90 Å². The lowest BCUT2D eigenvalue weighted by Gasteiger charge is -2.23. The molecule has 0 fully saturated rings. The van der Waals surface area contributed by atoms with Crippen molar-refractivity contribution < 1.29 is 4.42 Å². The van der Waals surface area contributed by atoms with Crippen molar-refractivity contribution in [3.63, 3.8) is 0 Å². The molecule has 0 amide bonds. The molecular weight excluding hydrogens is 558 g/mol. The average Bonchev–Trinajstić information content (AvgIpc) is 3.53. The minimum absolute atomic E-state index is 0.780. The second-order valence-electron chi connectivity index (χ2n) is 11.9. The molecule has 46 heavy (non-hydrogen) atoms. The van der Waals surface area contributed by atoms with Crippen LogP contribution in [0.1, 0.15) is 0 Å². The molecule has 8 aromatic carbocycles. The van der Waals surface area contributed by atoms with Crippen molar-refractivity contribution in [2.75, 3.05) is 4.90 Å². The normalized spacial score (nSPS) is 11.5. The molecule has 0 saturated heterocycles. The van der Waals surface area contributed by atoms with E-state index < -0.39 is 0 Å². The van der Waals surface area contributed by atoms with Gasteiger partial charge in [-0.2, -0.15) is 0 Å². The summed E-state index contributed by atoms with van der Waals surface area (Å²) in [5.41, 5.74) is 7.70. The summed E-state index contributed by atoms with van der Waals surface area (Å²) >= 11 is 0. The second kappa shape index (κ2) is 10.8. The topological polar surface area (TPSA) is 16.4 Å². The first-order valence-corrected chi connectivity index (χ1v) is 15.7. The molecule has 0 aliphatic heterocycles. The predicted molar refractivity (Wildman–Crippen MR) is 194 cm³/mol. The second-order valence-corrected chi connectivity index (χ2v) is 11.9. The van der Waals surface area contributed by atoms with Gasteiger partial charge in [0.2, 0.25) is 5.88 Å². The Labute approximate surface area is 267 Å². The summed E-state index contributed by atoms with van der Waals surface area (Å²) in [6.07, 6.45) is 0. The van der Waals surface area contributed by atoms with Crippen molar-refractivity contribution in [3.05, 3.63) is 176 Å². The molecule has 216 valence electrons. The number of furan rings is 1. The number of benzene rings is 8. The number of rotatable bonds is 5. The van der Waals surface area contributed by atoms with Crippen LogP contribution in [0.15, 0.2) is 180 Å². The minimum Gasteiger partial charge on any atom is -0.440 e. The van der Waals surface area contributed by atoms with Crippen molar-refractivity contribution in [1.29, 1.82) is 0 Å². The summed E-state index contributed by atoms with van der Waals surface area (Å²) in [7, 11) is 0. The SMILES string of the molecule is c1ccc2cc(-c3ccc(N(c4ccc(-c5ccc6ccccc6c5)cc4)c4cc5cc6ccccc6cc5o4)cc3)ccc2c1. The predicted octanol–water partition coefficient (Wildman–Crippen LogP) is 12.7. The van der Waals surface area contributed by atoms with E-state index in [1.807, 2.05) is 0 Å². The Bertz CT molecular complexity index is 2350. The lowest BCUT2D eigenvalue weighted by molar-refractivity contribution is 0.621. The lowest BCUT2D eigenvalue weighted by atomic mass is 10.0. The van der Waals surface area contributed by atoms with E-state index in [-0.39, 0.29) is 0 Å². The Morgan fingerprint density at radius 3 is 1.22 bits per heavy atom. The smallest absolute Gasteiger partial charge is 0.205 e. The number of fused-ring (bicyclic) bond motifs is 4. The zero-order chi connectivity index (χ0) is 30.5. The number of hydrogen-bond acceptors (Lipinski definition) is 2. The molecule has 0 spiro atoms. The van der Waals surface area contributed by atoms with Gasteiger partial charge >= 0.3 is 0 Å². The monoisotopic (exact) mass is 587 g/mol. The van der Waals surface area contributed by atoms with Gasteiger partial charge in [-0.05, 0) is 103 Å². The van der Waals surface area contributed by atoms with E-state index in [2.05, 4.69) is 181 Å². The fourth-order valence-corrected chi connectivity index (χ4v) is 6.57. The molecule has 0 radical (unpaired) electrons. The van der Waals surface area contributed by atoms with Crippen LogP contribution in [0.4, 0.5) is 17.3 Å². The van der Waals surface area contributed by atoms with E-state index in [4.69, 9.17) is 4.42 Å². The molecule has 0 unspecified atom stereocenters. The van der Waals surface area contributed by atoms with Gasteiger partial charge < -0.3 is 4.42 Å². The van der Waals surface area contributed by atoms with Crippen molar-refractivity contribution in [3.8, 4) is 22.3 Å².